The summed E-state index contributed by atoms with van der Waals surface area (Å²) in [7, 11) is 0. The zero-order valence-corrected chi connectivity index (χ0v) is 26.6. The number of carbonyl (C=O) groups is 3. The number of hydrogen-bond acceptors (Lipinski definition) is 5. The molecule has 232 valence electrons. The van der Waals surface area contributed by atoms with E-state index in [2.05, 4.69) is 60.9 Å². The minimum absolute atomic E-state index is 0.0240. The molecule has 0 aliphatic carbocycles. The average molecular weight is 606 g/mol. The highest BCUT2D eigenvalue weighted by molar-refractivity contribution is 7.98. The van der Waals surface area contributed by atoms with Gasteiger partial charge in [-0.1, -0.05) is 93.1 Å². The van der Waals surface area contributed by atoms with Gasteiger partial charge in [0.2, 0.25) is 11.8 Å². The predicted octanol–water partition coefficient (Wildman–Crippen LogP) is 5.91. The van der Waals surface area contributed by atoms with Crippen LogP contribution >= 0.6 is 11.8 Å². The fourth-order valence-corrected chi connectivity index (χ4v) is 5.73. The van der Waals surface area contributed by atoms with Gasteiger partial charge in [-0.2, -0.15) is 11.8 Å². The van der Waals surface area contributed by atoms with Crippen LogP contribution in [0.1, 0.15) is 57.1 Å². The maximum atomic E-state index is 13.2. The molecule has 3 aromatic rings. The second kappa shape index (κ2) is 18.3. The Kier molecular flexibility index (Phi) is 14.6. The van der Waals surface area contributed by atoms with Crippen molar-refractivity contribution >= 4 is 40.3 Å². The Morgan fingerprint density at radius 3 is 2.35 bits per heavy atom. The van der Waals surface area contributed by atoms with Gasteiger partial charge in [0.25, 0.3) is 0 Å². The summed E-state index contributed by atoms with van der Waals surface area (Å²) in [6.07, 6.45) is 6.32. The number of aryl methyl sites for hydroxylation is 1. The molecule has 0 saturated carbocycles. The molecular formula is C35H47N3O4S. The van der Waals surface area contributed by atoms with Crippen molar-refractivity contribution < 1.29 is 19.5 Å². The number of carboxylic acid groups (broad SMARTS) is 1. The van der Waals surface area contributed by atoms with Gasteiger partial charge >= 0.3 is 5.97 Å². The first-order chi connectivity index (χ1) is 20.8. The first-order valence-corrected chi connectivity index (χ1v) is 16.7. The molecule has 43 heavy (non-hydrogen) atoms. The Morgan fingerprint density at radius 1 is 0.907 bits per heavy atom. The topological polar surface area (TPSA) is 98.7 Å². The van der Waals surface area contributed by atoms with Gasteiger partial charge in [0.1, 0.15) is 6.04 Å². The van der Waals surface area contributed by atoms with Crippen molar-refractivity contribution in [1.82, 2.24) is 15.5 Å². The van der Waals surface area contributed by atoms with E-state index in [1.54, 1.807) is 11.8 Å². The van der Waals surface area contributed by atoms with E-state index in [0.29, 0.717) is 31.7 Å². The van der Waals surface area contributed by atoms with Crippen molar-refractivity contribution in [2.24, 2.45) is 5.92 Å². The molecule has 3 atom stereocenters. The number of nitrogens with zero attached hydrogens (tertiary/aromatic N) is 1. The summed E-state index contributed by atoms with van der Waals surface area (Å²) in [5.41, 5.74) is 2.36. The fourth-order valence-electron chi connectivity index (χ4n) is 5.26. The van der Waals surface area contributed by atoms with Crippen LogP contribution in [0.3, 0.4) is 0 Å². The number of aliphatic carboxylic acids is 1. The fraction of sp³-hybridized carbons (Fsp3) is 0.457. The summed E-state index contributed by atoms with van der Waals surface area (Å²) in [6, 6.07) is 23.5. The lowest BCUT2D eigenvalue weighted by molar-refractivity contribution is -0.142. The molecule has 7 nitrogen and oxygen atoms in total. The number of carboxylic acids is 1. The normalized spacial score (nSPS) is 13.4. The van der Waals surface area contributed by atoms with Gasteiger partial charge in [-0.05, 0) is 65.5 Å². The van der Waals surface area contributed by atoms with Gasteiger partial charge in [0, 0.05) is 25.6 Å². The quantitative estimate of drug-likeness (QED) is 0.147. The molecule has 0 fully saturated rings. The van der Waals surface area contributed by atoms with Crippen LogP contribution in [0.4, 0.5) is 0 Å². The molecule has 0 bridgehead atoms. The molecule has 0 heterocycles. The summed E-state index contributed by atoms with van der Waals surface area (Å²) < 4.78 is 0. The van der Waals surface area contributed by atoms with Crippen molar-refractivity contribution in [3.8, 4) is 0 Å². The molecule has 0 aromatic heterocycles. The Morgan fingerprint density at radius 2 is 1.63 bits per heavy atom. The highest BCUT2D eigenvalue weighted by atomic mass is 32.2. The van der Waals surface area contributed by atoms with Crippen molar-refractivity contribution in [3.05, 3.63) is 83.9 Å². The third-order valence-electron chi connectivity index (χ3n) is 7.98. The third kappa shape index (κ3) is 11.7. The van der Waals surface area contributed by atoms with Crippen LogP contribution in [0.25, 0.3) is 10.8 Å². The van der Waals surface area contributed by atoms with Gasteiger partial charge in [0.15, 0.2) is 0 Å². The lowest BCUT2D eigenvalue weighted by Gasteiger charge is -2.31. The van der Waals surface area contributed by atoms with Crippen LogP contribution in [0, 0.1) is 5.92 Å². The summed E-state index contributed by atoms with van der Waals surface area (Å²) in [4.78, 5) is 40.1. The Bertz CT molecular complexity index is 1300. The molecule has 3 rings (SSSR count). The Balaban J connectivity index is 1.72. The molecule has 2 amide bonds. The Labute approximate surface area is 260 Å². The SMILES string of the molecule is CCC(C)C(CN(CC(=O)NC(CCSC)C(=O)O)Cc1cccc2ccccc12)NC(=O)CCCCc1ccccc1. The van der Waals surface area contributed by atoms with Crippen LogP contribution in [0.2, 0.25) is 0 Å². The standard InChI is InChI=1S/C35H47N3O4S/c1-4-26(2)32(37-33(39)20-11-8-15-27-13-6-5-7-14-27)24-38(25-34(40)36-31(35(41)42)21-22-43-3)23-29-18-12-17-28-16-9-10-19-30(28)29/h5-7,9-10,12-14,16-19,26,31-32H,4,8,11,15,20-25H2,1-3H3,(H,36,40)(H,37,39)(H,41,42). The summed E-state index contributed by atoms with van der Waals surface area (Å²) in [5.74, 6) is -0.496. The van der Waals surface area contributed by atoms with Gasteiger partial charge in [-0.25, -0.2) is 4.79 Å². The average Bonchev–Trinajstić information content (AvgIpc) is 3.01. The zero-order chi connectivity index (χ0) is 31.0. The second-order valence-corrected chi connectivity index (χ2v) is 12.3. The van der Waals surface area contributed by atoms with Gasteiger partial charge in [0.05, 0.1) is 6.54 Å². The van der Waals surface area contributed by atoms with Crippen LogP contribution in [-0.2, 0) is 27.3 Å². The number of thioether (sulfide) groups is 1. The first kappa shape index (κ1) is 34.1. The Hall–Kier alpha value is -3.36. The van der Waals surface area contributed by atoms with Crippen molar-refractivity contribution in [1.29, 1.82) is 0 Å². The van der Waals surface area contributed by atoms with E-state index in [9.17, 15) is 19.5 Å². The van der Waals surface area contributed by atoms with Crippen LogP contribution in [0.15, 0.2) is 72.8 Å². The number of rotatable bonds is 19. The number of benzene rings is 3. The summed E-state index contributed by atoms with van der Waals surface area (Å²) in [6.45, 7) is 5.24. The smallest absolute Gasteiger partial charge is 0.326 e. The highest BCUT2D eigenvalue weighted by Crippen LogP contribution is 2.21. The first-order valence-electron chi connectivity index (χ1n) is 15.3. The molecule has 3 aromatic carbocycles. The second-order valence-electron chi connectivity index (χ2n) is 11.3. The zero-order valence-electron chi connectivity index (χ0n) is 25.8. The minimum atomic E-state index is -1.03. The lowest BCUT2D eigenvalue weighted by Crippen LogP contribution is -2.50. The number of nitrogens with one attached hydrogen (secondary N) is 2. The van der Waals surface area contributed by atoms with Gasteiger partial charge in [-0.3, -0.25) is 14.5 Å². The van der Waals surface area contributed by atoms with E-state index in [1.807, 2.05) is 47.6 Å². The van der Waals surface area contributed by atoms with E-state index in [0.717, 1.165) is 42.0 Å². The molecule has 8 heteroatoms. The maximum absolute atomic E-state index is 13.2. The van der Waals surface area contributed by atoms with E-state index < -0.39 is 12.0 Å². The van der Waals surface area contributed by atoms with Gasteiger partial charge < -0.3 is 15.7 Å². The third-order valence-corrected chi connectivity index (χ3v) is 8.62. The number of unbranched alkanes of at least 4 members (excludes halogenated alkanes) is 1. The monoisotopic (exact) mass is 605 g/mol. The molecule has 0 radical (unpaired) electrons. The van der Waals surface area contributed by atoms with Crippen molar-refractivity contribution in [2.45, 2.75) is 71.0 Å². The van der Waals surface area contributed by atoms with Crippen LogP contribution in [0.5, 0.6) is 0 Å². The maximum Gasteiger partial charge on any atom is 0.326 e. The number of carbonyl (C=O) groups excluding carboxylic acids is 2. The van der Waals surface area contributed by atoms with Crippen LogP contribution in [-0.4, -0.2) is 65.0 Å². The highest BCUT2D eigenvalue weighted by Gasteiger charge is 2.25. The van der Waals surface area contributed by atoms with Crippen LogP contribution < -0.4 is 10.6 Å². The molecule has 0 saturated heterocycles. The lowest BCUT2D eigenvalue weighted by atomic mass is 9.97. The number of hydrogen-bond donors (Lipinski definition) is 3. The minimum Gasteiger partial charge on any atom is -0.480 e. The molecule has 0 aliphatic heterocycles. The molecule has 3 unspecified atom stereocenters. The molecule has 0 spiro atoms. The molecule has 0 aliphatic rings. The van der Waals surface area contributed by atoms with Crippen molar-refractivity contribution in [3.63, 3.8) is 0 Å². The summed E-state index contributed by atoms with van der Waals surface area (Å²) in [5, 5.41) is 17.9. The predicted molar refractivity (Wildman–Crippen MR) is 177 cm³/mol. The molecular weight excluding hydrogens is 558 g/mol. The largest absolute Gasteiger partial charge is 0.480 e. The van der Waals surface area contributed by atoms with E-state index in [1.165, 1.54) is 5.56 Å². The summed E-state index contributed by atoms with van der Waals surface area (Å²) >= 11 is 1.55. The van der Waals surface area contributed by atoms with E-state index in [-0.39, 0.29) is 30.3 Å². The van der Waals surface area contributed by atoms with E-state index >= 15 is 0 Å². The van der Waals surface area contributed by atoms with Crippen molar-refractivity contribution in [2.75, 3.05) is 25.1 Å². The molecule has 3 N–H and O–H groups in total. The van der Waals surface area contributed by atoms with Gasteiger partial charge in [-0.15, -0.1) is 0 Å². The van der Waals surface area contributed by atoms with E-state index in [4.69, 9.17) is 0 Å². The number of amides is 2. The number of fused-ring (bicyclic) bond motifs is 1.